The minimum absolute atomic E-state index is 0.00609. The zero-order chi connectivity index (χ0) is 13.3. The van der Waals surface area contributed by atoms with Crippen molar-refractivity contribution >= 4 is 21.6 Å². The summed E-state index contributed by atoms with van der Waals surface area (Å²) in [7, 11) is 0. The van der Waals surface area contributed by atoms with Crippen LogP contribution in [-0.2, 0) is 6.42 Å². The summed E-state index contributed by atoms with van der Waals surface area (Å²) in [6, 6.07) is 4.83. The molecule has 0 bridgehead atoms. The third-order valence-corrected chi connectivity index (χ3v) is 2.74. The third kappa shape index (κ3) is 3.00. The summed E-state index contributed by atoms with van der Waals surface area (Å²) >= 11 is 3.23. The maximum atomic E-state index is 12.1. The van der Waals surface area contributed by atoms with E-state index >= 15 is 0 Å². The van der Waals surface area contributed by atoms with Crippen LogP contribution in [0, 0.1) is 0 Å². The van der Waals surface area contributed by atoms with Gasteiger partial charge in [0.25, 0.3) is 5.89 Å². The molecule has 0 unspecified atom stereocenters. The smallest absolute Gasteiger partial charge is 0.396 e. The second kappa shape index (κ2) is 4.60. The Morgan fingerprint density at radius 2 is 2.06 bits per heavy atom. The van der Waals surface area contributed by atoms with Crippen LogP contribution >= 0.6 is 15.9 Å². The van der Waals surface area contributed by atoms with Crippen LogP contribution in [0.15, 0.2) is 27.2 Å². The number of anilines is 1. The van der Waals surface area contributed by atoms with Gasteiger partial charge in [0.05, 0.1) is 5.56 Å². The molecule has 0 spiro atoms. The lowest BCUT2D eigenvalue weighted by atomic mass is 10.2. The Morgan fingerprint density at radius 3 is 2.72 bits per heavy atom. The average molecular weight is 322 g/mol. The maximum absolute atomic E-state index is 12.1. The summed E-state index contributed by atoms with van der Waals surface area (Å²) in [6.45, 7) is 0. The number of nitrogens with zero attached hydrogens (tertiary/aromatic N) is 2. The van der Waals surface area contributed by atoms with Crippen molar-refractivity contribution in [1.29, 1.82) is 0 Å². The molecule has 0 aliphatic heterocycles. The van der Waals surface area contributed by atoms with Crippen LogP contribution in [0.3, 0.4) is 0 Å². The van der Waals surface area contributed by atoms with Gasteiger partial charge in [-0.1, -0.05) is 5.16 Å². The number of nitrogen functional groups attached to an aromatic ring is 1. The number of benzene rings is 1. The van der Waals surface area contributed by atoms with E-state index < -0.39 is 18.4 Å². The van der Waals surface area contributed by atoms with Crippen molar-refractivity contribution in [2.24, 2.45) is 0 Å². The van der Waals surface area contributed by atoms with Crippen LogP contribution < -0.4 is 5.73 Å². The highest BCUT2D eigenvalue weighted by molar-refractivity contribution is 9.10. The van der Waals surface area contributed by atoms with Gasteiger partial charge in [-0.05, 0) is 34.1 Å². The highest BCUT2D eigenvalue weighted by Crippen LogP contribution is 2.29. The first-order valence-corrected chi connectivity index (χ1v) is 5.59. The summed E-state index contributed by atoms with van der Waals surface area (Å²) in [5.41, 5.74) is 6.49. The van der Waals surface area contributed by atoms with E-state index in [1.165, 1.54) is 6.07 Å². The van der Waals surface area contributed by atoms with E-state index in [0.29, 0.717) is 15.7 Å². The summed E-state index contributed by atoms with van der Waals surface area (Å²) in [6.07, 6.45) is -5.59. The van der Waals surface area contributed by atoms with Gasteiger partial charge in [-0.3, -0.25) is 0 Å². The Hall–Kier alpha value is -1.57. The Bertz CT molecular complexity index is 568. The molecule has 0 saturated carbocycles. The molecular weight excluding hydrogens is 315 g/mol. The molecule has 1 aromatic carbocycles. The van der Waals surface area contributed by atoms with Crippen LogP contribution in [0.1, 0.15) is 5.82 Å². The predicted molar refractivity (Wildman–Crippen MR) is 61.6 cm³/mol. The van der Waals surface area contributed by atoms with E-state index in [-0.39, 0.29) is 5.89 Å². The zero-order valence-corrected chi connectivity index (χ0v) is 10.4. The van der Waals surface area contributed by atoms with Crippen molar-refractivity contribution in [2.45, 2.75) is 12.6 Å². The van der Waals surface area contributed by atoms with Crippen molar-refractivity contribution in [3.05, 3.63) is 28.5 Å². The molecule has 4 nitrogen and oxygen atoms in total. The third-order valence-electron chi connectivity index (χ3n) is 2.05. The highest BCUT2D eigenvalue weighted by Gasteiger charge is 2.30. The first-order chi connectivity index (χ1) is 8.35. The number of halogens is 4. The molecule has 0 aliphatic rings. The summed E-state index contributed by atoms with van der Waals surface area (Å²) in [5.74, 6) is -0.416. The number of hydrogen-bond donors (Lipinski definition) is 1. The molecule has 2 N–H and O–H groups in total. The number of aromatic nitrogens is 2. The molecule has 0 saturated heterocycles. The molecule has 8 heteroatoms. The fourth-order valence-corrected chi connectivity index (χ4v) is 1.74. The standard InChI is InChI=1S/C10H7BrF3N3O/c11-7-2-1-5(15)3-6(7)9-16-8(17-18-9)4-10(12,13)14/h1-3H,4,15H2. The van der Waals surface area contributed by atoms with Gasteiger partial charge in [-0.15, -0.1) is 0 Å². The lowest BCUT2D eigenvalue weighted by Gasteiger charge is -2.01. The van der Waals surface area contributed by atoms with Gasteiger partial charge in [0.2, 0.25) is 0 Å². The quantitative estimate of drug-likeness (QED) is 0.863. The van der Waals surface area contributed by atoms with Gasteiger partial charge >= 0.3 is 6.18 Å². The van der Waals surface area contributed by atoms with Gasteiger partial charge in [-0.25, -0.2) is 0 Å². The largest absolute Gasteiger partial charge is 0.399 e. The molecule has 1 heterocycles. The number of rotatable bonds is 2. The molecule has 2 rings (SSSR count). The Labute approximate surface area is 108 Å². The fraction of sp³-hybridized carbons (Fsp3) is 0.200. The van der Waals surface area contributed by atoms with E-state index in [9.17, 15) is 13.2 Å². The Kier molecular flexibility index (Phi) is 3.29. The van der Waals surface area contributed by atoms with E-state index in [1.807, 2.05) is 0 Å². The van der Waals surface area contributed by atoms with Crippen molar-refractivity contribution in [1.82, 2.24) is 10.1 Å². The molecule has 2 aromatic rings. The molecule has 1 aromatic heterocycles. The lowest BCUT2D eigenvalue weighted by molar-refractivity contribution is -0.128. The van der Waals surface area contributed by atoms with Crippen LogP contribution in [0.25, 0.3) is 11.5 Å². The zero-order valence-electron chi connectivity index (χ0n) is 8.83. The van der Waals surface area contributed by atoms with Crippen LogP contribution in [0.5, 0.6) is 0 Å². The highest BCUT2D eigenvalue weighted by atomic mass is 79.9. The van der Waals surface area contributed by atoms with Gasteiger partial charge < -0.3 is 10.3 Å². The second-order valence-corrected chi connectivity index (χ2v) is 4.40. The molecule has 96 valence electrons. The number of hydrogen-bond acceptors (Lipinski definition) is 4. The molecule has 0 amide bonds. The predicted octanol–water partition coefficient (Wildman–Crippen LogP) is 3.19. The monoisotopic (exact) mass is 321 g/mol. The first-order valence-electron chi connectivity index (χ1n) is 4.80. The fourth-order valence-electron chi connectivity index (χ4n) is 1.32. The summed E-state index contributed by atoms with van der Waals surface area (Å²) < 4.78 is 41.8. The molecular formula is C10H7BrF3N3O. The van der Waals surface area contributed by atoms with Gasteiger partial charge in [-0.2, -0.15) is 18.2 Å². The molecule has 0 radical (unpaired) electrons. The van der Waals surface area contributed by atoms with Crippen LogP contribution in [0.2, 0.25) is 0 Å². The summed E-state index contributed by atoms with van der Waals surface area (Å²) in [5, 5.41) is 3.28. The second-order valence-electron chi connectivity index (χ2n) is 3.55. The molecule has 0 aliphatic carbocycles. The number of nitrogens with two attached hydrogens (primary N) is 1. The van der Waals surface area contributed by atoms with Gasteiger partial charge in [0.15, 0.2) is 5.82 Å². The van der Waals surface area contributed by atoms with E-state index in [2.05, 4.69) is 26.1 Å². The van der Waals surface area contributed by atoms with Gasteiger partial charge in [0, 0.05) is 10.2 Å². The first kappa shape index (κ1) is 12.9. The molecule has 18 heavy (non-hydrogen) atoms. The molecule has 0 atom stereocenters. The minimum atomic E-state index is -4.37. The molecule has 0 fully saturated rings. The van der Waals surface area contributed by atoms with E-state index in [1.54, 1.807) is 12.1 Å². The minimum Gasteiger partial charge on any atom is -0.399 e. The van der Waals surface area contributed by atoms with Crippen molar-refractivity contribution in [3.63, 3.8) is 0 Å². The van der Waals surface area contributed by atoms with E-state index in [4.69, 9.17) is 10.3 Å². The van der Waals surface area contributed by atoms with Crippen LogP contribution in [0.4, 0.5) is 18.9 Å². The summed E-state index contributed by atoms with van der Waals surface area (Å²) in [4.78, 5) is 3.68. The topological polar surface area (TPSA) is 64.9 Å². The van der Waals surface area contributed by atoms with Gasteiger partial charge in [0.1, 0.15) is 6.42 Å². The van der Waals surface area contributed by atoms with Crippen molar-refractivity contribution in [2.75, 3.05) is 5.73 Å². The van der Waals surface area contributed by atoms with Crippen LogP contribution in [-0.4, -0.2) is 16.3 Å². The Balaban J connectivity index is 2.32. The lowest BCUT2D eigenvalue weighted by Crippen LogP contribution is -2.12. The normalized spacial score (nSPS) is 11.8. The SMILES string of the molecule is Nc1ccc(Br)c(-c2nc(CC(F)(F)F)no2)c1. The van der Waals surface area contributed by atoms with Crippen molar-refractivity contribution in [3.8, 4) is 11.5 Å². The van der Waals surface area contributed by atoms with Crippen molar-refractivity contribution < 1.29 is 17.7 Å². The Morgan fingerprint density at radius 1 is 1.33 bits per heavy atom. The maximum Gasteiger partial charge on any atom is 0.396 e. The number of alkyl halides is 3. The average Bonchev–Trinajstić information content (AvgIpc) is 2.67. The van der Waals surface area contributed by atoms with E-state index in [0.717, 1.165) is 0 Å².